The zero-order chi connectivity index (χ0) is 9.97. The number of β-amino-alcohol motifs (C(OH)–C–C–N with tert-alkyl or cyclic N) is 1. The van der Waals surface area contributed by atoms with E-state index in [1.165, 1.54) is 0 Å². The largest absolute Gasteiger partial charge is 0.392 e. The zero-order valence-corrected chi connectivity index (χ0v) is 8.30. The Hall–Kier alpha value is -1.00. The summed E-state index contributed by atoms with van der Waals surface area (Å²) < 4.78 is 0. The number of likely N-dealkylation sites (tertiary alicyclic amines) is 1. The average Bonchev–Trinajstić information content (AvgIpc) is 2.65. The Bertz CT molecular complexity index is 291. The highest BCUT2D eigenvalue weighted by Crippen LogP contribution is 2.22. The average molecular weight is 193 g/mol. The van der Waals surface area contributed by atoms with E-state index >= 15 is 0 Å². The molecule has 0 radical (unpaired) electrons. The maximum Gasteiger partial charge on any atom is 0.0755 e. The van der Waals surface area contributed by atoms with Gasteiger partial charge in [-0.2, -0.15) is 0 Å². The molecule has 1 N–H and O–H groups in total. The molecule has 2 unspecified atom stereocenters. The third kappa shape index (κ3) is 1.91. The minimum Gasteiger partial charge on any atom is -0.392 e. The van der Waals surface area contributed by atoms with E-state index in [4.69, 9.17) is 0 Å². The zero-order valence-electron chi connectivity index (χ0n) is 8.30. The minimum atomic E-state index is -0.172. The molecular formula is C10H15N3O. The van der Waals surface area contributed by atoms with E-state index in [9.17, 15) is 5.11 Å². The number of hydrogen-bond donors (Lipinski definition) is 1. The summed E-state index contributed by atoms with van der Waals surface area (Å²) in [6.07, 6.45) is 5.86. The van der Waals surface area contributed by atoms with Crippen molar-refractivity contribution in [1.29, 1.82) is 0 Å². The number of hydrogen-bond acceptors (Lipinski definition) is 4. The second-order valence-corrected chi connectivity index (χ2v) is 3.74. The SMILES string of the molecule is CC(c1cnccn1)N1CCC(O)C1. The quantitative estimate of drug-likeness (QED) is 0.747. The molecule has 14 heavy (non-hydrogen) atoms. The summed E-state index contributed by atoms with van der Waals surface area (Å²) in [6.45, 7) is 3.79. The van der Waals surface area contributed by atoms with E-state index in [1.807, 2.05) is 0 Å². The fraction of sp³-hybridized carbons (Fsp3) is 0.600. The highest BCUT2D eigenvalue weighted by Gasteiger charge is 2.25. The van der Waals surface area contributed by atoms with Crippen molar-refractivity contribution in [2.24, 2.45) is 0 Å². The van der Waals surface area contributed by atoms with E-state index in [-0.39, 0.29) is 12.1 Å². The third-order valence-electron chi connectivity index (χ3n) is 2.75. The third-order valence-corrected chi connectivity index (χ3v) is 2.75. The first kappa shape index (κ1) is 9.55. The van der Waals surface area contributed by atoms with Gasteiger partial charge in [-0.15, -0.1) is 0 Å². The summed E-state index contributed by atoms with van der Waals surface area (Å²) in [6, 6.07) is 0.251. The predicted octanol–water partition coefficient (Wildman–Crippen LogP) is 0.604. The van der Waals surface area contributed by atoms with Crippen molar-refractivity contribution in [1.82, 2.24) is 14.9 Å². The molecule has 0 aromatic carbocycles. The Morgan fingerprint density at radius 1 is 1.57 bits per heavy atom. The second kappa shape index (κ2) is 4.02. The van der Waals surface area contributed by atoms with Gasteiger partial charge in [-0.3, -0.25) is 14.9 Å². The molecule has 0 amide bonds. The van der Waals surface area contributed by atoms with Crippen molar-refractivity contribution < 1.29 is 5.11 Å². The van der Waals surface area contributed by atoms with Crippen LogP contribution in [0.25, 0.3) is 0 Å². The molecular weight excluding hydrogens is 178 g/mol. The van der Waals surface area contributed by atoms with E-state index in [2.05, 4.69) is 21.8 Å². The Labute approximate surface area is 83.6 Å². The van der Waals surface area contributed by atoms with Gasteiger partial charge in [0.2, 0.25) is 0 Å². The predicted molar refractivity (Wildman–Crippen MR) is 52.6 cm³/mol. The lowest BCUT2D eigenvalue weighted by molar-refractivity contribution is 0.162. The fourth-order valence-electron chi connectivity index (χ4n) is 1.83. The van der Waals surface area contributed by atoms with Crippen molar-refractivity contribution in [3.8, 4) is 0 Å². The molecule has 1 aliphatic rings. The molecule has 0 saturated carbocycles. The summed E-state index contributed by atoms with van der Waals surface area (Å²) in [7, 11) is 0. The molecule has 1 aliphatic heterocycles. The summed E-state index contributed by atoms with van der Waals surface area (Å²) >= 11 is 0. The molecule has 1 fully saturated rings. The second-order valence-electron chi connectivity index (χ2n) is 3.74. The summed E-state index contributed by atoms with van der Waals surface area (Å²) in [4.78, 5) is 10.5. The van der Waals surface area contributed by atoms with E-state index < -0.39 is 0 Å². The van der Waals surface area contributed by atoms with Gasteiger partial charge in [0.25, 0.3) is 0 Å². The van der Waals surface area contributed by atoms with Gasteiger partial charge in [-0.25, -0.2) is 0 Å². The Balaban J connectivity index is 2.05. The van der Waals surface area contributed by atoms with E-state index in [1.54, 1.807) is 18.6 Å². The maximum absolute atomic E-state index is 9.42. The summed E-state index contributed by atoms with van der Waals surface area (Å²) in [5, 5.41) is 9.42. The molecule has 1 aromatic rings. The van der Waals surface area contributed by atoms with Crippen LogP contribution in [0.3, 0.4) is 0 Å². The molecule has 2 atom stereocenters. The summed E-state index contributed by atoms with van der Waals surface area (Å²) in [5.74, 6) is 0. The van der Waals surface area contributed by atoms with Crippen molar-refractivity contribution in [3.63, 3.8) is 0 Å². The molecule has 1 saturated heterocycles. The Morgan fingerprint density at radius 3 is 3.00 bits per heavy atom. The Kier molecular flexibility index (Phi) is 2.74. The summed E-state index contributed by atoms with van der Waals surface area (Å²) in [5.41, 5.74) is 0.974. The lowest BCUT2D eigenvalue weighted by Crippen LogP contribution is -2.26. The number of aromatic nitrogens is 2. The molecule has 1 aromatic heterocycles. The van der Waals surface area contributed by atoms with Gasteiger partial charge in [-0.1, -0.05) is 0 Å². The van der Waals surface area contributed by atoms with Crippen LogP contribution in [0.15, 0.2) is 18.6 Å². The highest BCUT2D eigenvalue weighted by atomic mass is 16.3. The van der Waals surface area contributed by atoms with Crippen LogP contribution >= 0.6 is 0 Å². The number of aliphatic hydroxyl groups is 1. The minimum absolute atomic E-state index is 0.172. The molecule has 0 aliphatic carbocycles. The van der Waals surface area contributed by atoms with Crippen LogP contribution in [-0.4, -0.2) is 39.2 Å². The van der Waals surface area contributed by atoms with Crippen molar-refractivity contribution in [2.75, 3.05) is 13.1 Å². The van der Waals surface area contributed by atoms with E-state index in [0.717, 1.165) is 25.2 Å². The van der Waals surface area contributed by atoms with Gasteiger partial charge >= 0.3 is 0 Å². The molecule has 4 heteroatoms. The monoisotopic (exact) mass is 193 g/mol. The van der Waals surface area contributed by atoms with Crippen LogP contribution in [0, 0.1) is 0 Å². The van der Waals surface area contributed by atoms with Crippen LogP contribution in [0.1, 0.15) is 25.1 Å². The number of nitrogens with zero attached hydrogens (tertiary/aromatic N) is 3. The van der Waals surface area contributed by atoms with E-state index in [0.29, 0.717) is 0 Å². The number of rotatable bonds is 2. The topological polar surface area (TPSA) is 49.2 Å². The lowest BCUT2D eigenvalue weighted by Gasteiger charge is -2.22. The first-order valence-corrected chi connectivity index (χ1v) is 4.95. The van der Waals surface area contributed by atoms with Crippen molar-refractivity contribution in [3.05, 3.63) is 24.3 Å². The molecule has 0 bridgehead atoms. The smallest absolute Gasteiger partial charge is 0.0755 e. The van der Waals surface area contributed by atoms with Gasteiger partial charge in [0.1, 0.15) is 0 Å². The molecule has 2 heterocycles. The van der Waals surface area contributed by atoms with Gasteiger partial charge in [-0.05, 0) is 13.3 Å². The van der Waals surface area contributed by atoms with Gasteiger partial charge in [0.05, 0.1) is 17.8 Å². The maximum atomic E-state index is 9.42. The first-order chi connectivity index (χ1) is 6.77. The normalized spacial score (nSPS) is 25.1. The first-order valence-electron chi connectivity index (χ1n) is 4.95. The highest BCUT2D eigenvalue weighted by molar-refractivity contribution is 5.02. The van der Waals surface area contributed by atoms with Gasteiger partial charge in [0.15, 0.2) is 0 Å². The lowest BCUT2D eigenvalue weighted by atomic mass is 10.2. The van der Waals surface area contributed by atoms with Crippen LogP contribution in [0.5, 0.6) is 0 Å². The fourth-order valence-corrected chi connectivity index (χ4v) is 1.83. The van der Waals surface area contributed by atoms with Crippen LogP contribution in [-0.2, 0) is 0 Å². The molecule has 76 valence electrons. The Morgan fingerprint density at radius 2 is 2.43 bits per heavy atom. The standard InChI is InChI=1S/C10H15N3O/c1-8(10-6-11-3-4-12-10)13-5-2-9(14)7-13/h3-4,6,8-9,14H,2,5,7H2,1H3. The van der Waals surface area contributed by atoms with Crippen LogP contribution < -0.4 is 0 Å². The van der Waals surface area contributed by atoms with Crippen molar-refractivity contribution >= 4 is 0 Å². The van der Waals surface area contributed by atoms with Gasteiger partial charge < -0.3 is 5.11 Å². The molecule has 2 rings (SSSR count). The molecule has 4 nitrogen and oxygen atoms in total. The van der Waals surface area contributed by atoms with Crippen LogP contribution in [0.2, 0.25) is 0 Å². The number of aliphatic hydroxyl groups excluding tert-OH is 1. The van der Waals surface area contributed by atoms with Crippen molar-refractivity contribution in [2.45, 2.75) is 25.5 Å². The van der Waals surface area contributed by atoms with Crippen LogP contribution in [0.4, 0.5) is 0 Å². The van der Waals surface area contributed by atoms with Gasteiger partial charge in [0, 0.05) is 31.7 Å². The molecule has 0 spiro atoms.